The predicted octanol–water partition coefficient (Wildman–Crippen LogP) is 2.97. The van der Waals surface area contributed by atoms with Gasteiger partial charge in [0.05, 0.1) is 12.3 Å². The van der Waals surface area contributed by atoms with Gasteiger partial charge in [-0.3, -0.25) is 0 Å². The van der Waals surface area contributed by atoms with E-state index in [1.165, 1.54) is 11.1 Å². The SMILES string of the molecule is C=C(O)CNCc1ccc(C(C)C)cc1. The molecule has 0 heterocycles. The molecule has 0 fully saturated rings. The molecule has 82 valence electrons. The highest BCUT2D eigenvalue weighted by atomic mass is 16.3. The topological polar surface area (TPSA) is 32.3 Å². The van der Waals surface area contributed by atoms with E-state index in [4.69, 9.17) is 5.11 Å². The molecule has 1 aromatic rings. The minimum absolute atomic E-state index is 0.175. The van der Waals surface area contributed by atoms with Crippen molar-refractivity contribution in [3.8, 4) is 0 Å². The van der Waals surface area contributed by atoms with Gasteiger partial charge in [0.1, 0.15) is 0 Å². The van der Waals surface area contributed by atoms with E-state index >= 15 is 0 Å². The van der Waals surface area contributed by atoms with Crippen molar-refractivity contribution in [2.24, 2.45) is 0 Å². The first-order chi connectivity index (χ1) is 7.09. The van der Waals surface area contributed by atoms with E-state index in [0.717, 1.165) is 6.54 Å². The summed E-state index contributed by atoms with van der Waals surface area (Å²) in [7, 11) is 0. The zero-order valence-electron chi connectivity index (χ0n) is 9.46. The number of nitrogens with one attached hydrogen (secondary N) is 1. The molecule has 0 spiro atoms. The fourth-order valence-electron chi connectivity index (χ4n) is 1.37. The third kappa shape index (κ3) is 4.17. The Morgan fingerprint density at radius 2 is 1.93 bits per heavy atom. The van der Waals surface area contributed by atoms with Gasteiger partial charge in [0.2, 0.25) is 0 Å². The maximum atomic E-state index is 8.89. The predicted molar refractivity (Wildman–Crippen MR) is 64.0 cm³/mol. The number of rotatable bonds is 5. The molecule has 2 N–H and O–H groups in total. The van der Waals surface area contributed by atoms with E-state index in [2.05, 4.69) is 50.0 Å². The summed E-state index contributed by atoms with van der Waals surface area (Å²) < 4.78 is 0. The molecular weight excluding hydrogens is 186 g/mol. The first-order valence-electron chi connectivity index (χ1n) is 5.26. The van der Waals surface area contributed by atoms with Crippen LogP contribution in [0.5, 0.6) is 0 Å². The number of hydrogen-bond acceptors (Lipinski definition) is 2. The monoisotopic (exact) mass is 205 g/mol. The summed E-state index contributed by atoms with van der Waals surface area (Å²) >= 11 is 0. The van der Waals surface area contributed by atoms with Crippen molar-refractivity contribution in [1.82, 2.24) is 5.32 Å². The Kier molecular flexibility index (Phi) is 4.37. The lowest BCUT2D eigenvalue weighted by atomic mass is 10.0. The van der Waals surface area contributed by atoms with E-state index in [1.807, 2.05) is 0 Å². The molecule has 0 bridgehead atoms. The molecular formula is C13H19NO. The first kappa shape index (κ1) is 11.8. The van der Waals surface area contributed by atoms with Gasteiger partial charge < -0.3 is 10.4 Å². The second-order valence-electron chi connectivity index (χ2n) is 4.07. The van der Waals surface area contributed by atoms with E-state index in [1.54, 1.807) is 0 Å². The number of benzene rings is 1. The van der Waals surface area contributed by atoms with Crippen molar-refractivity contribution < 1.29 is 5.11 Å². The van der Waals surface area contributed by atoms with Crippen LogP contribution in [0.2, 0.25) is 0 Å². The lowest BCUT2D eigenvalue weighted by molar-refractivity contribution is 0.391. The van der Waals surface area contributed by atoms with Crippen LogP contribution in [-0.2, 0) is 6.54 Å². The molecule has 15 heavy (non-hydrogen) atoms. The van der Waals surface area contributed by atoms with Crippen LogP contribution in [0.15, 0.2) is 36.6 Å². The molecule has 2 heteroatoms. The highest BCUT2D eigenvalue weighted by Gasteiger charge is 1.98. The summed E-state index contributed by atoms with van der Waals surface area (Å²) in [5, 5.41) is 12.0. The second kappa shape index (κ2) is 5.56. The Morgan fingerprint density at radius 1 is 1.33 bits per heavy atom. The average molecular weight is 205 g/mol. The van der Waals surface area contributed by atoms with Gasteiger partial charge in [-0.2, -0.15) is 0 Å². The summed E-state index contributed by atoms with van der Waals surface area (Å²) in [5.41, 5.74) is 2.57. The van der Waals surface area contributed by atoms with Crippen LogP contribution in [-0.4, -0.2) is 11.7 Å². The third-order valence-electron chi connectivity index (χ3n) is 2.30. The molecule has 0 saturated heterocycles. The zero-order chi connectivity index (χ0) is 11.3. The maximum Gasteiger partial charge on any atom is 0.0989 e. The van der Waals surface area contributed by atoms with Crippen molar-refractivity contribution in [3.05, 3.63) is 47.7 Å². The standard InChI is InChI=1S/C13H19NO/c1-10(2)13-6-4-12(5-7-13)9-14-8-11(3)15/h4-7,10,14-15H,3,8-9H2,1-2H3. The third-order valence-corrected chi connectivity index (χ3v) is 2.30. The number of aliphatic hydroxyl groups excluding tert-OH is 1. The highest BCUT2D eigenvalue weighted by Crippen LogP contribution is 2.14. The molecule has 0 aliphatic rings. The lowest BCUT2D eigenvalue weighted by Gasteiger charge is -2.07. The molecule has 0 amide bonds. The van der Waals surface area contributed by atoms with Gasteiger partial charge >= 0.3 is 0 Å². The van der Waals surface area contributed by atoms with E-state index < -0.39 is 0 Å². The van der Waals surface area contributed by atoms with Gasteiger partial charge in [-0.05, 0) is 17.0 Å². The summed E-state index contributed by atoms with van der Waals surface area (Å²) in [6, 6.07) is 8.52. The van der Waals surface area contributed by atoms with Gasteiger partial charge in [0, 0.05) is 6.54 Å². The van der Waals surface area contributed by atoms with Gasteiger partial charge in [-0.1, -0.05) is 44.7 Å². The average Bonchev–Trinajstić information content (AvgIpc) is 2.18. The molecule has 0 aliphatic carbocycles. The van der Waals surface area contributed by atoms with Crippen LogP contribution in [0.1, 0.15) is 30.9 Å². The van der Waals surface area contributed by atoms with Gasteiger partial charge in [-0.15, -0.1) is 0 Å². The molecule has 0 atom stereocenters. The molecule has 1 aromatic carbocycles. The Labute approximate surface area is 91.6 Å². The fraction of sp³-hybridized carbons (Fsp3) is 0.385. The van der Waals surface area contributed by atoms with Crippen LogP contribution < -0.4 is 5.32 Å². The van der Waals surface area contributed by atoms with Crippen LogP contribution in [0.4, 0.5) is 0 Å². The van der Waals surface area contributed by atoms with Crippen LogP contribution in [0.3, 0.4) is 0 Å². The van der Waals surface area contributed by atoms with Crippen molar-refractivity contribution in [3.63, 3.8) is 0 Å². The van der Waals surface area contributed by atoms with E-state index in [9.17, 15) is 0 Å². The minimum atomic E-state index is 0.175. The van der Waals surface area contributed by atoms with E-state index in [-0.39, 0.29) is 5.76 Å². The molecule has 0 aromatic heterocycles. The summed E-state index contributed by atoms with van der Waals surface area (Å²) in [6.45, 7) is 9.00. The van der Waals surface area contributed by atoms with Gasteiger partial charge in [-0.25, -0.2) is 0 Å². The second-order valence-corrected chi connectivity index (χ2v) is 4.07. The maximum absolute atomic E-state index is 8.89. The highest BCUT2D eigenvalue weighted by molar-refractivity contribution is 5.24. The smallest absolute Gasteiger partial charge is 0.0989 e. The minimum Gasteiger partial charge on any atom is -0.512 e. The summed E-state index contributed by atoms with van der Waals surface area (Å²) in [4.78, 5) is 0. The molecule has 2 nitrogen and oxygen atoms in total. The first-order valence-corrected chi connectivity index (χ1v) is 5.26. The largest absolute Gasteiger partial charge is 0.512 e. The van der Waals surface area contributed by atoms with Gasteiger partial charge in [0.15, 0.2) is 0 Å². The zero-order valence-corrected chi connectivity index (χ0v) is 9.46. The normalized spacial score (nSPS) is 10.6. The Balaban J connectivity index is 2.46. The van der Waals surface area contributed by atoms with Crippen molar-refractivity contribution in [2.75, 3.05) is 6.54 Å². The number of aliphatic hydroxyl groups is 1. The van der Waals surface area contributed by atoms with E-state index in [0.29, 0.717) is 12.5 Å². The van der Waals surface area contributed by atoms with Crippen LogP contribution in [0.25, 0.3) is 0 Å². The van der Waals surface area contributed by atoms with Crippen LogP contribution in [0, 0.1) is 0 Å². The lowest BCUT2D eigenvalue weighted by Crippen LogP contribution is -2.15. The van der Waals surface area contributed by atoms with Gasteiger partial charge in [0.25, 0.3) is 0 Å². The fourth-order valence-corrected chi connectivity index (χ4v) is 1.37. The quantitative estimate of drug-likeness (QED) is 0.724. The Morgan fingerprint density at radius 3 is 2.40 bits per heavy atom. The number of hydrogen-bond donors (Lipinski definition) is 2. The Bertz CT molecular complexity index is 314. The van der Waals surface area contributed by atoms with Crippen LogP contribution >= 0.6 is 0 Å². The molecule has 0 unspecified atom stereocenters. The Hall–Kier alpha value is -1.28. The van der Waals surface area contributed by atoms with Crippen molar-refractivity contribution >= 4 is 0 Å². The van der Waals surface area contributed by atoms with Crippen molar-refractivity contribution in [1.29, 1.82) is 0 Å². The molecule has 0 radical (unpaired) electrons. The summed E-state index contributed by atoms with van der Waals surface area (Å²) in [6.07, 6.45) is 0. The molecule has 1 rings (SSSR count). The molecule has 0 saturated carbocycles. The summed E-state index contributed by atoms with van der Waals surface area (Å²) in [5.74, 6) is 0.748. The molecule has 0 aliphatic heterocycles. The van der Waals surface area contributed by atoms with Crippen molar-refractivity contribution in [2.45, 2.75) is 26.3 Å².